The maximum absolute atomic E-state index is 11.3. The average molecular weight is 207 g/mol. The molecule has 1 unspecified atom stereocenters. The number of nitrogens with one attached hydrogen (secondary N) is 1. The fourth-order valence-electron chi connectivity index (χ4n) is 1.14. The maximum atomic E-state index is 11.3. The fourth-order valence-corrected chi connectivity index (χ4v) is 1.14. The topological polar surface area (TPSA) is 84.6 Å². The number of anilines is 1. The van der Waals surface area contributed by atoms with E-state index in [0.29, 0.717) is 0 Å². The molecule has 0 spiro atoms. The summed E-state index contributed by atoms with van der Waals surface area (Å²) >= 11 is 0. The van der Waals surface area contributed by atoms with Crippen LogP contribution in [0.2, 0.25) is 0 Å². The molecule has 0 saturated carbocycles. The number of hydrogen-bond acceptors (Lipinski definition) is 4. The number of benzene rings is 1. The van der Waals surface area contributed by atoms with Gasteiger partial charge in [0.05, 0.1) is 6.42 Å². The summed E-state index contributed by atoms with van der Waals surface area (Å²) in [5.41, 5.74) is 6.91. The Labute approximate surface area is 87.6 Å². The van der Waals surface area contributed by atoms with Crippen molar-refractivity contribution in [3.05, 3.63) is 34.7 Å². The molecule has 0 aromatic heterocycles. The smallest absolute Gasteiger partial charge is 0.228 e. The Balaban J connectivity index is 2.59. The van der Waals surface area contributed by atoms with Crippen LogP contribution in [0.3, 0.4) is 0 Å². The first-order valence-electron chi connectivity index (χ1n) is 4.57. The number of carbonyl (C=O) groups is 1. The molecule has 1 amide bonds. The molecule has 0 heterocycles. The number of amides is 1. The lowest BCUT2D eigenvalue weighted by molar-refractivity contribution is -0.116. The molecule has 0 radical (unpaired) electrons. The third kappa shape index (κ3) is 3.47. The summed E-state index contributed by atoms with van der Waals surface area (Å²) in [6.45, 7) is 1.88. The van der Waals surface area contributed by atoms with Gasteiger partial charge in [0.15, 0.2) is 0 Å². The Morgan fingerprint density at radius 3 is 2.80 bits per heavy atom. The van der Waals surface area contributed by atoms with Crippen LogP contribution in [0.5, 0.6) is 0 Å². The first-order chi connectivity index (χ1) is 7.13. The normalized spacial score (nSPS) is 11.9. The number of carbonyl (C=O) groups excluding carboxylic acids is 1. The van der Waals surface area contributed by atoms with E-state index in [4.69, 9.17) is 5.73 Å². The number of para-hydroxylation sites is 1. The zero-order chi connectivity index (χ0) is 11.3. The summed E-state index contributed by atoms with van der Waals surface area (Å²) in [7, 11) is 0. The molecule has 1 atom stereocenters. The van der Waals surface area contributed by atoms with Crippen LogP contribution in [0.25, 0.3) is 0 Å². The molecule has 0 aliphatic carbocycles. The van der Waals surface area contributed by atoms with Crippen LogP contribution in [0.4, 0.5) is 5.69 Å². The molecule has 1 rings (SSSR count). The molecular formula is C10H13N3O2. The minimum absolute atomic E-state index is 0.0994. The summed E-state index contributed by atoms with van der Waals surface area (Å²) in [5.74, 6) is -0.309. The Morgan fingerprint density at radius 1 is 1.53 bits per heavy atom. The lowest BCUT2D eigenvalue weighted by Gasteiger charge is -2.08. The first kappa shape index (κ1) is 11.3. The Kier molecular flexibility index (Phi) is 3.93. The van der Waals surface area contributed by atoms with E-state index in [1.54, 1.807) is 6.07 Å². The molecule has 0 saturated heterocycles. The van der Waals surface area contributed by atoms with Crippen molar-refractivity contribution in [2.24, 2.45) is 10.9 Å². The first-order valence-corrected chi connectivity index (χ1v) is 4.57. The van der Waals surface area contributed by atoms with Gasteiger partial charge in [0, 0.05) is 5.69 Å². The molecule has 3 N–H and O–H groups in total. The van der Waals surface area contributed by atoms with Gasteiger partial charge in [-0.1, -0.05) is 23.4 Å². The molecule has 80 valence electrons. The number of nitrogens with zero attached hydrogens (tertiary/aromatic N) is 1. The summed E-state index contributed by atoms with van der Waals surface area (Å²) in [6, 6.07) is 7.37. The van der Waals surface area contributed by atoms with Crippen molar-refractivity contribution in [1.82, 2.24) is 0 Å². The van der Waals surface area contributed by atoms with Crippen molar-refractivity contribution < 1.29 is 4.79 Å². The summed E-state index contributed by atoms with van der Waals surface area (Å²) < 4.78 is 0. The van der Waals surface area contributed by atoms with E-state index in [2.05, 4.69) is 10.5 Å². The standard InChI is InChI=1S/C10H13N3O2/c1-7-4-2-3-5-8(7)12-10(14)6-9(11)13-15/h2-5,9H,6,11H2,1H3,(H,12,14). The minimum atomic E-state index is -0.978. The monoisotopic (exact) mass is 207 g/mol. The predicted octanol–water partition coefficient (Wildman–Crippen LogP) is 1.37. The second-order valence-electron chi connectivity index (χ2n) is 3.24. The maximum Gasteiger partial charge on any atom is 0.228 e. The molecule has 1 aromatic carbocycles. The lowest BCUT2D eigenvalue weighted by atomic mass is 10.2. The van der Waals surface area contributed by atoms with E-state index in [9.17, 15) is 9.70 Å². The number of nitroso groups, excluding NO2 is 1. The molecule has 1 aromatic rings. The third-order valence-corrected chi connectivity index (χ3v) is 1.95. The van der Waals surface area contributed by atoms with Gasteiger partial charge >= 0.3 is 0 Å². The van der Waals surface area contributed by atoms with Crippen LogP contribution in [0, 0.1) is 11.8 Å². The van der Waals surface area contributed by atoms with E-state index in [-0.39, 0.29) is 12.3 Å². The van der Waals surface area contributed by atoms with Gasteiger partial charge < -0.3 is 11.1 Å². The highest BCUT2D eigenvalue weighted by atomic mass is 16.3. The van der Waals surface area contributed by atoms with Crippen LogP contribution in [0.15, 0.2) is 29.4 Å². The molecule has 0 bridgehead atoms. The Morgan fingerprint density at radius 2 is 2.20 bits per heavy atom. The van der Waals surface area contributed by atoms with E-state index in [1.807, 2.05) is 25.1 Å². The highest BCUT2D eigenvalue weighted by molar-refractivity contribution is 5.91. The van der Waals surface area contributed by atoms with Gasteiger partial charge in [-0.2, -0.15) is 0 Å². The molecule has 5 heteroatoms. The molecule has 0 fully saturated rings. The van der Waals surface area contributed by atoms with Gasteiger partial charge in [0.2, 0.25) is 5.91 Å². The molecule has 0 aliphatic rings. The van der Waals surface area contributed by atoms with Gasteiger partial charge in [-0.15, -0.1) is 4.91 Å². The minimum Gasteiger partial charge on any atom is -0.326 e. The van der Waals surface area contributed by atoms with Crippen molar-refractivity contribution in [3.8, 4) is 0 Å². The Bertz CT molecular complexity index is 365. The van der Waals surface area contributed by atoms with E-state index in [0.717, 1.165) is 11.3 Å². The molecular weight excluding hydrogens is 194 g/mol. The zero-order valence-corrected chi connectivity index (χ0v) is 8.43. The third-order valence-electron chi connectivity index (χ3n) is 1.95. The Hall–Kier alpha value is -1.75. The van der Waals surface area contributed by atoms with Crippen molar-refractivity contribution >= 4 is 11.6 Å². The highest BCUT2D eigenvalue weighted by Crippen LogP contribution is 2.13. The van der Waals surface area contributed by atoms with Crippen molar-refractivity contribution in [1.29, 1.82) is 0 Å². The van der Waals surface area contributed by atoms with Gasteiger partial charge in [-0.25, -0.2) is 0 Å². The van der Waals surface area contributed by atoms with Crippen molar-refractivity contribution in [2.45, 2.75) is 19.5 Å². The largest absolute Gasteiger partial charge is 0.326 e. The predicted molar refractivity (Wildman–Crippen MR) is 58.2 cm³/mol. The molecule has 5 nitrogen and oxygen atoms in total. The summed E-state index contributed by atoms with van der Waals surface area (Å²) in [4.78, 5) is 21.3. The van der Waals surface area contributed by atoms with E-state index in [1.165, 1.54) is 0 Å². The zero-order valence-electron chi connectivity index (χ0n) is 8.43. The van der Waals surface area contributed by atoms with Crippen molar-refractivity contribution in [2.75, 3.05) is 5.32 Å². The van der Waals surface area contributed by atoms with Gasteiger partial charge in [0.25, 0.3) is 0 Å². The summed E-state index contributed by atoms with van der Waals surface area (Å²) in [6.07, 6.45) is -1.08. The number of aryl methyl sites for hydroxylation is 1. The van der Waals surface area contributed by atoms with Crippen LogP contribution in [-0.2, 0) is 4.79 Å². The second kappa shape index (κ2) is 5.21. The molecule has 15 heavy (non-hydrogen) atoms. The van der Waals surface area contributed by atoms with Crippen LogP contribution in [-0.4, -0.2) is 12.1 Å². The SMILES string of the molecule is Cc1ccccc1NC(=O)CC(N)N=O. The van der Waals surface area contributed by atoms with Crippen LogP contribution < -0.4 is 11.1 Å². The number of nitrogens with two attached hydrogens (primary N) is 1. The van der Waals surface area contributed by atoms with Gasteiger partial charge in [-0.05, 0) is 18.6 Å². The second-order valence-corrected chi connectivity index (χ2v) is 3.24. The number of hydrogen-bond donors (Lipinski definition) is 2. The molecule has 0 aliphatic heterocycles. The highest BCUT2D eigenvalue weighted by Gasteiger charge is 2.09. The quantitative estimate of drug-likeness (QED) is 0.731. The van der Waals surface area contributed by atoms with E-state index < -0.39 is 6.17 Å². The number of rotatable bonds is 4. The van der Waals surface area contributed by atoms with E-state index >= 15 is 0 Å². The van der Waals surface area contributed by atoms with Crippen LogP contribution in [0.1, 0.15) is 12.0 Å². The van der Waals surface area contributed by atoms with Crippen molar-refractivity contribution in [3.63, 3.8) is 0 Å². The van der Waals surface area contributed by atoms with Gasteiger partial charge in [-0.3, -0.25) is 4.79 Å². The average Bonchev–Trinajstić information content (AvgIpc) is 2.21. The fraction of sp³-hybridized carbons (Fsp3) is 0.300. The summed E-state index contributed by atoms with van der Waals surface area (Å²) in [5, 5.41) is 5.22. The van der Waals surface area contributed by atoms with Crippen LogP contribution >= 0.6 is 0 Å². The lowest BCUT2D eigenvalue weighted by Crippen LogP contribution is -2.25. The van der Waals surface area contributed by atoms with Gasteiger partial charge in [0.1, 0.15) is 6.17 Å².